The van der Waals surface area contributed by atoms with E-state index in [1.807, 2.05) is 0 Å². The van der Waals surface area contributed by atoms with E-state index in [1.165, 1.54) is 63.6 Å². The smallest absolute Gasteiger partial charge is 0.109 e. The van der Waals surface area contributed by atoms with Gasteiger partial charge in [0.25, 0.3) is 0 Å². The van der Waals surface area contributed by atoms with Crippen molar-refractivity contribution in [2.75, 3.05) is 31.1 Å². The number of likely N-dealkylation sites (tertiary alicyclic amines) is 1. The van der Waals surface area contributed by atoms with Crippen molar-refractivity contribution in [1.82, 2.24) is 4.90 Å². The van der Waals surface area contributed by atoms with Crippen molar-refractivity contribution in [3.8, 4) is 0 Å². The standard InChI is InChI=1S/C18H24N2S/c21-18(20-8-2-1-3-9-20)16-12-14-6-4-10-19-11-5-7-15(13-16)17(14)19/h12-13H,1-11H2. The van der Waals surface area contributed by atoms with Gasteiger partial charge in [0.1, 0.15) is 4.99 Å². The number of rotatable bonds is 1. The van der Waals surface area contributed by atoms with Crippen LogP contribution in [0.5, 0.6) is 0 Å². The van der Waals surface area contributed by atoms with Crippen molar-refractivity contribution < 1.29 is 0 Å². The molecular weight excluding hydrogens is 276 g/mol. The number of hydrogen-bond donors (Lipinski definition) is 0. The molecule has 3 heteroatoms. The molecule has 3 heterocycles. The van der Waals surface area contributed by atoms with Gasteiger partial charge in [-0.3, -0.25) is 0 Å². The molecule has 0 amide bonds. The maximum absolute atomic E-state index is 5.81. The number of aryl methyl sites for hydroxylation is 2. The van der Waals surface area contributed by atoms with Gasteiger partial charge in [-0.25, -0.2) is 0 Å². The maximum atomic E-state index is 5.81. The number of hydrogen-bond acceptors (Lipinski definition) is 2. The molecule has 0 aromatic heterocycles. The van der Waals surface area contributed by atoms with Crippen molar-refractivity contribution in [2.45, 2.75) is 44.9 Å². The first-order valence-corrected chi connectivity index (χ1v) is 8.94. The van der Waals surface area contributed by atoms with E-state index in [1.54, 1.807) is 16.8 Å². The molecule has 112 valence electrons. The van der Waals surface area contributed by atoms with Crippen molar-refractivity contribution in [1.29, 1.82) is 0 Å². The number of anilines is 1. The van der Waals surface area contributed by atoms with E-state index < -0.39 is 0 Å². The van der Waals surface area contributed by atoms with Gasteiger partial charge in [0.2, 0.25) is 0 Å². The van der Waals surface area contributed by atoms with E-state index in [4.69, 9.17) is 12.2 Å². The lowest BCUT2D eigenvalue weighted by molar-refractivity contribution is 0.347. The first kappa shape index (κ1) is 13.6. The third kappa shape index (κ3) is 2.46. The van der Waals surface area contributed by atoms with Crippen molar-refractivity contribution in [3.63, 3.8) is 0 Å². The Balaban J connectivity index is 1.69. The molecule has 1 aromatic carbocycles. The molecule has 0 unspecified atom stereocenters. The van der Waals surface area contributed by atoms with Gasteiger partial charge in [0.05, 0.1) is 0 Å². The van der Waals surface area contributed by atoms with Crippen molar-refractivity contribution in [2.24, 2.45) is 0 Å². The maximum Gasteiger partial charge on any atom is 0.109 e. The third-order valence-electron chi connectivity index (χ3n) is 5.22. The SMILES string of the molecule is S=C(c1cc2c3c(c1)CCCN3CCC2)N1CCCCC1. The Hall–Kier alpha value is -1.09. The van der Waals surface area contributed by atoms with Crippen LogP contribution in [-0.2, 0) is 12.8 Å². The van der Waals surface area contributed by atoms with Crippen LogP contribution in [0.15, 0.2) is 12.1 Å². The van der Waals surface area contributed by atoms with Crippen LogP contribution < -0.4 is 4.90 Å². The quantitative estimate of drug-likeness (QED) is 0.732. The summed E-state index contributed by atoms with van der Waals surface area (Å²) >= 11 is 5.81. The fourth-order valence-electron chi connectivity index (χ4n) is 4.21. The highest BCUT2D eigenvalue weighted by atomic mass is 32.1. The Bertz CT molecular complexity index is 529. The molecule has 0 aliphatic carbocycles. The van der Waals surface area contributed by atoms with Gasteiger partial charge in [-0.1, -0.05) is 12.2 Å². The summed E-state index contributed by atoms with van der Waals surface area (Å²) in [6.45, 7) is 4.79. The predicted molar refractivity (Wildman–Crippen MR) is 92.4 cm³/mol. The molecule has 1 saturated heterocycles. The Morgan fingerprint density at radius 2 is 1.43 bits per heavy atom. The largest absolute Gasteiger partial charge is 0.371 e. The van der Waals surface area contributed by atoms with Crippen LogP contribution in [0, 0.1) is 0 Å². The van der Waals surface area contributed by atoms with Gasteiger partial charge >= 0.3 is 0 Å². The molecule has 0 N–H and O–H groups in total. The first-order chi connectivity index (χ1) is 10.3. The Morgan fingerprint density at radius 3 is 2.05 bits per heavy atom. The summed E-state index contributed by atoms with van der Waals surface area (Å²) in [4.78, 5) is 6.12. The van der Waals surface area contributed by atoms with Gasteiger partial charge in [0, 0.05) is 37.4 Å². The molecule has 0 spiro atoms. The summed E-state index contributed by atoms with van der Waals surface area (Å²) in [5.74, 6) is 0. The summed E-state index contributed by atoms with van der Waals surface area (Å²) in [5, 5.41) is 0. The summed E-state index contributed by atoms with van der Waals surface area (Å²) in [5.41, 5.74) is 5.96. The Kier molecular flexibility index (Phi) is 3.62. The monoisotopic (exact) mass is 300 g/mol. The number of thiocarbonyl (C=S) groups is 1. The van der Waals surface area contributed by atoms with Gasteiger partial charge < -0.3 is 9.80 Å². The lowest BCUT2D eigenvalue weighted by Crippen LogP contribution is -2.37. The number of piperidine rings is 1. The highest BCUT2D eigenvalue weighted by Crippen LogP contribution is 2.36. The van der Waals surface area contributed by atoms with Crippen LogP contribution in [-0.4, -0.2) is 36.1 Å². The second kappa shape index (κ2) is 5.60. The average Bonchev–Trinajstić information content (AvgIpc) is 2.55. The summed E-state index contributed by atoms with van der Waals surface area (Å²) in [6.07, 6.45) is 9.02. The summed E-state index contributed by atoms with van der Waals surface area (Å²) in [6, 6.07) is 4.79. The minimum absolute atomic E-state index is 1.09. The lowest BCUT2D eigenvalue weighted by atomic mass is 9.90. The second-order valence-electron chi connectivity index (χ2n) is 6.69. The van der Waals surface area contributed by atoms with E-state index in [2.05, 4.69) is 21.9 Å². The fourth-order valence-corrected chi connectivity index (χ4v) is 4.51. The third-order valence-corrected chi connectivity index (χ3v) is 5.72. The average molecular weight is 300 g/mol. The van der Waals surface area contributed by atoms with Crippen LogP contribution in [0.4, 0.5) is 5.69 Å². The zero-order valence-corrected chi connectivity index (χ0v) is 13.6. The molecule has 0 atom stereocenters. The molecule has 0 radical (unpaired) electrons. The molecule has 3 aliphatic heterocycles. The Labute approximate surface area is 133 Å². The van der Waals surface area contributed by atoms with E-state index in [0.29, 0.717) is 0 Å². The van der Waals surface area contributed by atoms with Crippen molar-refractivity contribution in [3.05, 3.63) is 28.8 Å². The highest BCUT2D eigenvalue weighted by molar-refractivity contribution is 7.80. The number of benzene rings is 1. The van der Waals surface area contributed by atoms with Crippen LogP contribution in [0.3, 0.4) is 0 Å². The molecule has 1 fully saturated rings. The normalized spacial score (nSPS) is 21.1. The van der Waals surface area contributed by atoms with Crippen LogP contribution in [0.2, 0.25) is 0 Å². The van der Waals surface area contributed by atoms with Gasteiger partial charge in [-0.2, -0.15) is 0 Å². The zero-order valence-electron chi connectivity index (χ0n) is 12.7. The summed E-state index contributed by atoms with van der Waals surface area (Å²) in [7, 11) is 0. The van der Waals surface area contributed by atoms with Crippen molar-refractivity contribution >= 4 is 22.9 Å². The van der Waals surface area contributed by atoms with Crippen LogP contribution in [0.25, 0.3) is 0 Å². The molecule has 0 saturated carbocycles. The van der Waals surface area contributed by atoms with Gasteiger partial charge in [-0.15, -0.1) is 0 Å². The van der Waals surface area contributed by atoms with E-state index >= 15 is 0 Å². The highest BCUT2D eigenvalue weighted by Gasteiger charge is 2.25. The van der Waals surface area contributed by atoms with Gasteiger partial charge in [0.15, 0.2) is 0 Å². The molecule has 21 heavy (non-hydrogen) atoms. The topological polar surface area (TPSA) is 6.48 Å². The van der Waals surface area contributed by atoms with E-state index in [9.17, 15) is 0 Å². The molecule has 4 rings (SSSR count). The second-order valence-corrected chi connectivity index (χ2v) is 7.08. The predicted octanol–water partition coefficient (Wildman–Crippen LogP) is 3.55. The van der Waals surface area contributed by atoms with E-state index in [-0.39, 0.29) is 0 Å². The zero-order chi connectivity index (χ0) is 14.2. The van der Waals surface area contributed by atoms with E-state index in [0.717, 1.165) is 18.1 Å². The minimum atomic E-state index is 1.09. The first-order valence-electron chi connectivity index (χ1n) is 8.53. The van der Waals surface area contributed by atoms with Crippen LogP contribution in [0.1, 0.15) is 48.8 Å². The Morgan fingerprint density at radius 1 is 0.810 bits per heavy atom. The molecule has 2 nitrogen and oxygen atoms in total. The van der Waals surface area contributed by atoms with Gasteiger partial charge in [-0.05, 0) is 68.2 Å². The molecule has 1 aromatic rings. The lowest BCUT2D eigenvalue weighted by Gasteiger charge is -2.38. The van der Waals surface area contributed by atoms with Crippen LogP contribution >= 0.6 is 12.2 Å². The fraction of sp³-hybridized carbons (Fsp3) is 0.611. The molecular formula is C18H24N2S. The summed E-state index contributed by atoms with van der Waals surface area (Å²) < 4.78 is 0. The minimum Gasteiger partial charge on any atom is -0.371 e. The molecule has 0 bridgehead atoms. The molecule has 3 aliphatic rings. The number of nitrogens with zero attached hydrogens (tertiary/aromatic N) is 2.